The van der Waals surface area contributed by atoms with Crippen LogP contribution in [-0.4, -0.2) is 141 Å². The summed E-state index contributed by atoms with van der Waals surface area (Å²) < 4.78 is 31.9. The number of carbonyl (C=O) groups excluding carboxylic acids is 4. The van der Waals surface area contributed by atoms with Crippen molar-refractivity contribution in [3.8, 4) is 11.3 Å². The van der Waals surface area contributed by atoms with Crippen LogP contribution in [0.2, 0.25) is 0 Å². The van der Waals surface area contributed by atoms with Crippen LogP contribution in [0.4, 0.5) is 17.3 Å². The number of sulfonamides is 1. The molecule has 2 N–H and O–H groups in total. The summed E-state index contributed by atoms with van der Waals surface area (Å²) in [6.45, 7) is 9.31. The first-order valence-corrected chi connectivity index (χ1v) is 28.5. The van der Waals surface area contributed by atoms with E-state index >= 15 is 4.79 Å². The first-order valence-electron chi connectivity index (χ1n) is 27.0. The molecule has 2 saturated carbocycles. The molecule has 5 saturated heterocycles. The smallest absolute Gasteiger partial charge is 0.238 e. The van der Waals surface area contributed by atoms with Crippen LogP contribution in [0.25, 0.3) is 22.3 Å². The lowest BCUT2D eigenvalue weighted by Crippen LogP contribution is -2.58. The van der Waals surface area contributed by atoms with E-state index in [0.29, 0.717) is 103 Å². The number of hydrogen-bond acceptors (Lipinski definition) is 12. The summed E-state index contributed by atoms with van der Waals surface area (Å²) in [6.07, 6.45) is 15.4. The van der Waals surface area contributed by atoms with Gasteiger partial charge in [-0.1, -0.05) is 24.6 Å². The molecule has 3 aromatic heterocycles. The summed E-state index contributed by atoms with van der Waals surface area (Å²) >= 11 is 0. The van der Waals surface area contributed by atoms with Crippen LogP contribution in [0.5, 0.6) is 0 Å². The number of pyridine rings is 2. The van der Waals surface area contributed by atoms with E-state index in [0.717, 1.165) is 89.5 Å². The van der Waals surface area contributed by atoms with Crippen molar-refractivity contribution in [3.05, 3.63) is 60.0 Å². The van der Waals surface area contributed by atoms with Gasteiger partial charge in [0, 0.05) is 93.2 Å². The Morgan fingerprint density at radius 3 is 2.25 bits per heavy atom. The van der Waals surface area contributed by atoms with Gasteiger partial charge in [-0.2, -0.15) is 0 Å². The fourth-order valence-corrected chi connectivity index (χ4v) is 15.1. The number of piperidine rings is 5. The summed E-state index contributed by atoms with van der Waals surface area (Å²) in [6, 6.07) is 13.6. The molecule has 7 fully saturated rings. The van der Waals surface area contributed by atoms with Crippen molar-refractivity contribution >= 4 is 62.0 Å². The lowest BCUT2D eigenvalue weighted by atomic mass is 9.73. The number of imidazole rings is 1. The SMILES string of the molecule is CC(C)n1cnc2cc(-c3ccc4c(c3)N(C3CC(N5CCCCC5)C3)C(=O)C43CCN(C(=O)C4CCN(S(=O)(=O)C5CCN(c6ccc([C@H]7CCC(=O)NC7=O)cn6)CC5)CC4)CC3)nc(NC3CC3)c21. The number of likely N-dealkylation sites (tertiary alicyclic amines) is 2. The maximum absolute atomic E-state index is 15.2. The molecule has 1 atom stereocenters. The first-order chi connectivity index (χ1) is 34.8. The van der Waals surface area contributed by atoms with E-state index in [1.54, 1.807) is 10.5 Å². The van der Waals surface area contributed by atoms with Crippen molar-refractivity contribution in [1.29, 1.82) is 0 Å². The minimum atomic E-state index is -3.57. The molecule has 72 heavy (non-hydrogen) atoms. The van der Waals surface area contributed by atoms with Gasteiger partial charge in [-0.3, -0.25) is 24.5 Å². The highest BCUT2D eigenvalue weighted by molar-refractivity contribution is 7.89. The predicted octanol–water partition coefficient (Wildman–Crippen LogP) is 6.10. The average Bonchev–Trinajstić information content (AvgIpc) is 4.05. The van der Waals surface area contributed by atoms with E-state index in [1.165, 1.54) is 19.3 Å². The summed E-state index contributed by atoms with van der Waals surface area (Å²) in [5, 5.41) is 5.60. The zero-order valence-corrected chi connectivity index (χ0v) is 42.6. The second kappa shape index (κ2) is 18.8. The minimum absolute atomic E-state index is 0.0737. The number of imide groups is 1. The molecule has 18 heteroatoms. The van der Waals surface area contributed by atoms with E-state index in [1.807, 2.05) is 23.4 Å². The summed E-state index contributed by atoms with van der Waals surface area (Å²) in [4.78, 5) is 77.0. The third kappa shape index (κ3) is 8.55. The second-order valence-corrected chi connectivity index (χ2v) is 24.6. The van der Waals surface area contributed by atoms with Gasteiger partial charge in [-0.15, -0.1) is 0 Å². The van der Waals surface area contributed by atoms with Crippen molar-refractivity contribution in [3.63, 3.8) is 0 Å². The van der Waals surface area contributed by atoms with Crippen LogP contribution in [0.3, 0.4) is 0 Å². The van der Waals surface area contributed by atoms with Gasteiger partial charge in [-0.25, -0.2) is 27.7 Å². The molecule has 0 bridgehead atoms. The molecule has 4 amide bonds. The number of benzene rings is 1. The van der Waals surface area contributed by atoms with Gasteiger partial charge >= 0.3 is 0 Å². The molecule has 9 heterocycles. The van der Waals surface area contributed by atoms with E-state index in [2.05, 4.69) is 73.0 Å². The number of rotatable bonds is 11. The highest BCUT2D eigenvalue weighted by Gasteiger charge is 2.56. The Kier molecular flexibility index (Phi) is 12.4. The fraction of sp³-hybridized carbons (Fsp3) is 0.611. The Morgan fingerprint density at radius 1 is 0.819 bits per heavy atom. The van der Waals surface area contributed by atoms with Crippen LogP contribution in [0.1, 0.15) is 133 Å². The second-order valence-electron chi connectivity index (χ2n) is 22.4. The number of hydrogen-bond donors (Lipinski definition) is 2. The molecule has 0 radical (unpaired) electrons. The maximum Gasteiger partial charge on any atom is 0.238 e. The minimum Gasteiger partial charge on any atom is -0.366 e. The average molecular weight is 1000 g/mol. The van der Waals surface area contributed by atoms with Crippen LogP contribution in [0.15, 0.2) is 48.9 Å². The van der Waals surface area contributed by atoms with Crippen molar-refractivity contribution in [2.45, 2.75) is 151 Å². The zero-order valence-electron chi connectivity index (χ0n) is 41.8. The number of nitrogens with zero attached hydrogens (tertiary/aromatic N) is 9. The van der Waals surface area contributed by atoms with Gasteiger partial charge < -0.3 is 29.5 Å². The number of nitrogens with one attached hydrogen (secondary N) is 2. The quantitative estimate of drug-likeness (QED) is 0.165. The van der Waals surface area contributed by atoms with Crippen molar-refractivity contribution in [2.75, 3.05) is 67.5 Å². The normalized spacial score (nSPS) is 25.8. The topological polar surface area (TPSA) is 186 Å². The van der Waals surface area contributed by atoms with Crippen LogP contribution in [0, 0.1) is 5.92 Å². The molecule has 17 nitrogen and oxygen atoms in total. The standard InChI is InChI=1S/C54H69N11O6S/c1-34(2)64-33-56-45-31-44(58-50(49(45)64)57-38-8-9-38)36-6-11-43-46(28-36)65(40-29-39(30-40)60-20-4-3-5-21-60)53(69)54(43)18-26-62(27-19-54)52(68)35-14-24-63(25-15-35)72(70,71)41-16-22-61(23-17-41)47-12-7-37(32-55-47)42-10-13-48(66)59-51(42)67/h6-7,11-12,28,31-35,38-42H,3-5,8-10,13-27,29-30H2,1-2H3,(H,57,58)(H,59,66,67)/t39?,40?,42-/m1/s1. The Hall–Kier alpha value is -5.46. The lowest BCUT2D eigenvalue weighted by molar-refractivity contribution is -0.140. The van der Waals surface area contributed by atoms with Gasteiger partial charge in [0.05, 0.1) is 34.1 Å². The van der Waals surface area contributed by atoms with Gasteiger partial charge in [0.15, 0.2) is 5.82 Å². The Balaban J connectivity index is 0.703. The van der Waals surface area contributed by atoms with Crippen LogP contribution in [-0.2, 0) is 34.6 Å². The van der Waals surface area contributed by atoms with Crippen molar-refractivity contribution in [2.24, 2.45) is 5.92 Å². The predicted molar refractivity (Wildman–Crippen MR) is 275 cm³/mol. The Morgan fingerprint density at radius 2 is 1.57 bits per heavy atom. The van der Waals surface area contributed by atoms with Gasteiger partial charge in [0.2, 0.25) is 33.7 Å². The Labute approximate surface area is 422 Å². The zero-order chi connectivity index (χ0) is 49.5. The molecular weight excluding hydrogens is 931 g/mol. The molecule has 4 aromatic rings. The summed E-state index contributed by atoms with van der Waals surface area (Å²) in [5.41, 5.74) is 5.84. The molecule has 1 spiro atoms. The molecular formula is C54H69N11O6S. The van der Waals surface area contributed by atoms with Crippen LogP contribution < -0.4 is 20.4 Å². The molecule has 0 unspecified atom stereocenters. The van der Waals surface area contributed by atoms with Crippen molar-refractivity contribution in [1.82, 2.24) is 38.9 Å². The third-order valence-corrected chi connectivity index (χ3v) is 20.2. The highest BCUT2D eigenvalue weighted by atomic mass is 32.2. The van der Waals surface area contributed by atoms with Gasteiger partial charge in [0.1, 0.15) is 11.3 Å². The number of anilines is 3. The molecule has 382 valence electrons. The fourth-order valence-electron chi connectivity index (χ4n) is 13.2. The van der Waals surface area contributed by atoms with E-state index in [4.69, 9.17) is 9.97 Å². The van der Waals surface area contributed by atoms with Crippen molar-refractivity contribution < 1.29 is 27.6 Å². The molecule has 8 aliphatic rings. The number of carbonyl (C=O) groups is 4. The number of fused-ring (bicyclic) bond motifs is 3. The van der Waals surface area contributed by atoms with E-state index in [9.17, 15) is 22.8 Å². The highest BCUT2D eigenvalue weighted by Crippen LogP contribution is 2.52. The molecule has 2 aliphatic carbocycles. The molecule has 1 aromatic carbocycles. The maximum atomic E-state index is 15.2. The van der Waals surface area contributed by atoms with E-state index < -0.39 is 26.6 Å². The number of aromatic nitrogens is 4. The Bertz CT molecular complexity index is 2870. The summed E-state index contributed by atoms with van der Waals surface area (Å²) in [5.74, 6) is 0.632. The first kappa shape index (κ1) is 47.5. The van der Waals surface area contributed by atoms with Gasteiger partial charge in [-0.05, 0) is 140 Å². The third-order valence-electron chi connectivity index (χ3n) is 17.8. The largest absolute Gasteiger partial charge is 0.366 e. The summed E-state index contributed by atoms with van der Waals surface area (Å²) in [7, 11) is -3.57. The molecule has 6 aliphatic heterocycles. The van der Waals surface area contributed by atoms with Gasteiger partial charge in [0.25, 0.3) is 0 Å². The molecule has 12 rings (SSSR count). The number of amides is 4. The van der Waals surface area contributed by atoms with Crippen LogP contribution >= 0.6 is 0 Å². The monoisotopic (exact) mass is 1000 g/mol. The van der Waals surface area contributed by atoms with E-state index in [-0.39, 0.29) is 41.6 Å². The lowest BCUT2D eigenvalue weighted by Gasteiger charge is -2.48.